The SMILES string of the molecule is O=C(/C=C/c1cccn(CCc2ccccc2Cl)c1=O)NO. The fraction of sp³-hybridized carbons (Fsp3) is 0.125. The van der Waals surface area contributed by atoms with Crippen LogP contribution >= 0.6 is 11.6 Å². The van der Waals surface area contributed by atoms with E-state index in [2.05, 4.69) is 0 Å². The monoisotopic (exact) mass is 318 g/mol. The van der Waals surface area contributed by atoms with Gasteiger partial charge in [-0.2, -0.15) is 0 Å². The van der Waals surface area contributed by atoms with Crippen LogP contribution in [0.5, 0.6) is 0 Å². The van der Waals surface area contributed by atoms with Crippen molar-refractivity contribution >= 4 is 23.6 Å². The van der Waals surface area contributed by atoms with E-state index < -0.39 is 5.91 Å². The lowest BCUT2D eigenvalue weighted by Gasteiger charge is -2.08. The molecule has 0 unspecified atom stereocenters. The predicted octanol–water partition coefficient (Wildman–Crippen LogP) is 2.26. The average molecular weight is 319 g/mol. The number of hydrogen-bond acceptors (Lipinski definition) is 3. The van der Waals surface area contributed by atoms with Gasteiger partial charge in [-0.25, -0.2) is 5.48 Å². The second-order valence-corrected chi connectivity index (χ2v) is 5.02. The van der Waals surface area contributed by atoms with Gasteiger partial charge < -0.3 is 4.57 Å². The number of benzene rings is 1. The number of carbonyl (C=O) groups is 1. The zero-order valence-corrected chi connectivity index (χ0v) is 12.5. The van der Waals surface area contributed by atoms with Crippen molar-refractivity contribution in [3.63, 3.8) is 0 Å². The third-order valence-electron chi connectivity index (χ3n) is 3.15. The van der Waals surface area contributed by atoms with Gasteiger partial charge in [-0.05, 0) is 36.3 Å². The van der Waals surface area contributed by atoms with Crippen molar-refractivity contribution in [2.45, 2.75) is 13.0 Å². The van der Waals surface area contributed by atoms with Crippen molar-refractivity contribution in [1.29, 1.82) is 0 Å². The topological polar surface area (TPSA) is 71.3 Å². The van der Waals surface area contributed by atoms with Crippen LogP contribution in [0.25, 0.3) is 6.08 Å². The molecule has 0 saturated heterocycles. The van der Waals surface area contributed by atoms with Crippen LogP contribution in [-0.4, -0.2) is 15.7 Å². The number of nitrogens with zero attached hydrogens (tertiary/aromatic N) is 1. The van der Waals surface area contributed by atoms with Crippen LogP contribution in [0.1, 0.15) is 11.1 Å². The summed E-state index contributed by atoms with van der Waals surface area (Å²) in [5.41, 5.74) is 2.60. The summed E-state index contributed by atoms with van der Waals surface area (Å²) in [4.78, 5) is 23.2. The van der Waals surface area contributed by atoms with Gasteiger partial charge in [0.15, 0.2) is 0 Å². The van der Waals surface area contributed by atoms with Crippen LogP contribution in [-0.2, 0) is 17.8 Å². The van der Waals surface area contributed by atoms with E-state index in [0.717, 1.165) is 11.6 Å². The highest BCUT2D eigenvalue weighted by molar-refractivity contribution is 6.31. The molecule has 1 heterocycles. The zero-order valence-electron chi connectivity index (χ0n) is 11.7. The van der Waals surface area contributed by atoms with E-state index in [1.807, 2.05) is 24.3 Å². The van der Waals surface area contributed by atoms with Crippen molar-refractivity contribution in [3.8, 4) is 0 Å². The molecule has 0 radical (unpaired) electrons. The van der Waals surface area contributed by atoms with Crippen LogP contribution in [0.2, 0.25) is 5.02 Å². The van der Waals surface area contributed by atoms with E-state index in [1.54, 1.807) is 22.9 Å². The Labute approximate surface area is 132 Å². The van der Waals surface area contributed by atoms with Crippen LogP contribution in [0.15, 0.2) is 53.5 Å². The van der Waals surface area contributed by atoms with Gasteiger partial charge in [-0.15, -0.1) is 0 Å². The van der Waals surface area contributed by atoms with Crippen molar-refractivity contribution < 1.29 is 10.0 Å². The number of halogens is 1. The third-order valence-corrected chi connectivity index (χ3v) is 3.52. The molecule has 6 heteroatoms. The molecule has 114 valence electrons. The summed E-state index contributed by atoms with van der Waals surface area (Å²) in [5, 5.41) is 9.10. The summed E-state index contributed by atoms with van der Waals surface area (Å²) in [6, 6.07) is 10.8. The van der Waals surface area contributed by atoms with E-state index in [4.69, 9.17) is 16.8 Å². The van der Waals surface area contributed by atoms with Crippen molar-refractivity contribution in [1.82, 2.24) is 10.0 Å². The van der Waals surface area contributed by atoms with Crippen molar-refractivity contribution in [2.75, 3.05) is 0 Å². The van der Waals surface area contributed by atoms with E-state index >= 15 is 0 Å². The summed E-state index contributed by atoms with van der Waals surface area (Å²) in [6.07, 6.45) is 4.77. The summed E-state index contributed by atoms with van der Waals surface area (Å²) < 4.78 is 1.56. The van der Waals surface area contributed by atoms with Crippen LogP contribution in [0.3, 0.4) is 0 Å². The fourth-order valence-electron chi connectivity index (χ4n) is 2.00. The lowest BCUT2D eigenvalue weighted by Crippen LogP contribution is -2.22. The summed E-state index contributed by atoms with van der Waals surface area (Å²) in [7, 11) is 0. The number of hydroxylamine groups is 1. The van der Waals surface area contributed by atoms with Crippen LogP contribution in [0.4, 0.5) is 0 Å². The number of amides is 1. The molecular formula is C16H15ClN2O3. The minimum absolute atomic E-state index is 0.212. The number of carbonyl (C=O) groups excluding carboxylic acids is 1. The summed E-state index contributed by atoms with van der Waals surface area (Å²) >= 11 is 6.10. The Balaban J connectivity index is 2.16. The maximum Gasteiger partial charge on any atom is 0.267 e. The van der Waals surface area contributed by atoms with Gasteiger partial charge in [0.25, 0.3) is 11.5 Å². The molecule has 0 saturated carbocycles. The molecule has 2 N–H and O–H groups in total. The molecule has 1 amide bonds. The van der Waals surface area contributed by atoms with E-state index in [0.29, 0.717) is 23.6 Å². The Morgan fingerprint density at radius 2 is 2.05 bits per heavy atom. The lowest BCUT2D eigenvalue weighted by molar-refractivity contribution is -0.124. The predicted molar refractivity (Wildman–Crippen MR) is 84.8 cm³/mol. The third kappa shape index (κ3) is 4.07. The first-order valence-corrected chi connectivity index (χ1v) is 7.04. The van der Waals surface area contributed by atoms with Gasteiger partial charge in [0.05, 0.1) is 0 Å². The van der Waals surface area contributed by atoms with Crippen molar-refractivity contribution in [2.24, 2.45) is 0 Å². The van der Waals surface area contributed by atoms with Gasteiger partial charge in [0, 0.05) is 29.4 Å². The highest BCUT2D eigenvalue weighted by atomic mass is 35.5. The smallest absolute Gasteiger partial charge is 0.267 e. The highest BCUT2D eigenvalue weighted by Gasteiger charge is 2.03. The number of nitrogens with one attached hydrogen (secondary N) is 1. The minimum Gasteiger partial charge on any atom is -0.315 e. The Morgan fingerprint density at radius 1 is 1.27 bits per heavy atom. The first-order chi connectivity index (χ1) is 10.6. The van der Waals surface area contributed by atoms with Gasteiger partial charge in [0.1, 0.15) is 0 Å². The maximum absolute atomic E-state index is 12.3. The van der Waals surface area contributed by atoms with E-state index in [-0.39, 0.29) is 5.56 Å². The molecule has 2 rings (SSSR count). The van der Waals surface area contributed by atoms with Gasteiger partial charge in [-0.1, -0.05) is 29.8 Å². The lowest BCUT2D eigenvalue weighted by atomic mass is 10.1. The van der Waals surface area contributed by atoms with Crippen molar-refractivity contribution in [3.05, 3.63) is 75.2 Å². The van der Waals surface area contributed by atoms with Gasteiger partial charge >= 0.3 is 0 Å². The normalized spacial score (nSPS) is 10.8. The number of aromatic nitrogens is 1. The molecule has 1 aromatic heterocycles. The molecule has 5 nitrogen and oxygen atoms in total. The zero-order chi connectivity index (χ0) is 15.9. The van der Waals surface area contributed by atoms with Crippen LogP contribution < -0.4 is 11.0 Å². The summed E-state index contributed by atoms with van der Waals surface area (Å²) in [5.74, 6) is -0.689. The molecule has 22 heavy (non-hydrogen) atoms. The largest absolute Gasteiger partial charge is 0.315 e. The Bertz CT molecular complexity index is 753. The molecule has 0 fully saturated rings. The Hall–Kier alpha value is -2.37. The molecule has 2 aromatic rings. The fourth-order valence-corrected chi connectivity index (χ4v) is 2.23. The first-order valence-electron chi connectivity index (χ1n) is 6.67. The number of rotatable bonds is 5. The first kappa shape index (κ1) is 16.0. The number of pyridine rings is 1. The van der Waals surface area contributed by atoms with E-state index in [9.17, 15) is 9.59 Å². The maximum atomic E-state index is 12.3. The number of hydrogen-bond donors (Lipinski definition) is 2. The van der Waals surface area contributed by atoms with E-state index in [1.165, 1.54) is 11.6 Å². The minimum atomic E-state index is -0.689. The molecule has 0 aliphatic carbocycles. The number of aryl methyl sites for hydroxylation is 2. The molecule has 0 aliphatic rings. The molecule has 0 spiro atoms. The quantitative estimate of drug-likeness (QED) is 0.504. The summed E-state index contributed by atoms with van der Waals surface area (Å²) in [6.45, 7) is 0.483. The molecular weight excluding hydrogens is 304 g/mol. The Morgan fingerprint density at radius 3 is 2.77 bits per heavy atom. The standard InChI is InChI=1S/C16H15ClN2O3/c17-14-6-2-1-4-12(14)9-11-19-10-3-5-13(16(19)21)7-8-15(20)18-22/h1-8,10,22H,9,11H2,(H,18,20)/b8-7+. The molecule has 0 atom stereocenters. The molecule has 1 aromatic carbocycles. The molecule has 0 aliphatic heterocycles. The highest BCUT2D eigenvalue weighted by Crippen LogP contribution is 2.15. The Kier molecular flexibility index (Phi) is 5.52. The second kappa shape index (κ2) is 7.59. The van der Waals surface area contributed by atoms with Gasteiger partial charge in [-0.3, -0.25) is 14.8 Å². The second-order valence-electron chi connectivity index (χ2n) is 4.61. The average Bonchev–Trinajstić information content (AvgIpc) is 2.53. The van der Waals surface area contributed by atoms with Crippen LogP contribution in [0, 0.1) is 0 Å². The molecule has 0 bridgehead atoms. The van der Waals surface area contributed by atoms with Gasteiger partial charge in [0.2, 0.25) is 0 Å².